The number of amides is 2. The van der Waals surface area contributed by atoms with Gasteiger partial charge < -0.3 is 170 Å². The van der Waals surface area contributed by atoms with Crippen LogP contribution >= 0.6 is 0 Å². The number of hydrogen-bond acceptors (Lipinski definition) is 41. The van der Waals surface area contributed by atoms with E-state index in [4.69, 9.17) is 99.5 Å². The van der Waals surface area contributed by atoms with Crippen molar-refractivity contribution in [3.05, 3.63) is 107 Å². The molecule has 0 aliphatic rings. The van der Waals surface area contributed by atoms with E-state index in [0.29, 0.717) is 75.1 Å². The quantitative estimate of drug-likeness (QED) is 0.00727. The molecule has 0 atom stereocenters. The van der Waals surface area contributed by atoms with E-state index in [-0.39, 0.29) is 357 Å². The molecular weight excluding hydrogens is 1970 g/mol. The van der Waals surface area contributed by atoms with Gasteiger partial charge in [0.05, 0.1) is 198 Å². The topological polar surface area (TPSA) is 554 Å². The Bertz CT molecular complexity index is 4270. The van der Waals surface area contributed by atoms with Crippen molar-refractivity contribution >= 4 is 53.6 Å². The fourth-order valence-electron chi connectivity index (χ4n) is 12.5. The van der Waals surface area contributed by atoms with Crippen LogP contribution in [0.3, 0.4) is 0 Å². The molecule has 5 rings (SSSR count). The summed E-state index contributed by atoms with van der Waals surface area (Å²) in [5.74, 6) is -12.1. The van der Waals surface area contributed by atoms with Gasteiger partial charge in [0.15, 0.2) is 46.0 Å². The van der Waals surface area contributed by atoms with Crippen LogP contribution in [0, 0.1) is 0 Å². The predicted molar refractivity (Wildman–Crippen MR) is 501 cm³/mol. The van der Waals surface area contributed by atoms with E-state index in [1.807, 2.05) is 83.1 Å². The summed E-state index contributed by atoms with van der Waals surface area (Å²) in [6, 6.07) is 19.0. The summed E-state index contributed by atoms with van der Waals surface area (Å²) in [6.45, 7) is 20.1. The van der Waals surface area contributed by atoms with Gasteiger partial charge in [0.2, 0.25) is 23.3 Å². The van der Waals surface area contributed by atoms with Gasteiger partial charge in [-0.25, -0.2) is 0 Å². The van der Waals surface area contributed by atoms with Crippen molar-refractivity contribution in [3.63, 3.8) is 0 Å². The van der Waals surface area contributed by atoms with Gasteiger partial charge in [0.25, 0.3) is 0 Å². The number of carboxylic acids is 4. The molecule has 1 radical (unpaired) electrons. The summed E-state index contributed by atoms with van der Waals surface area (Å²) in [4.78, 5) is 119. The second-order valence-electron chi connectivity index (χ2n) is 36.0. The molecule has 801 valence electrons. The zero-order valence-corrected chi connectivity index (χ0v) is 91.2. The van der Waals surface area contributed by atoms with Crippen LogP contribution in [-0.4, -0.2) is 342 Å². The summed E-state index contributed by atoms with van der Waals surface area (Å²) in [5.41, 5.74) is 0.548. The third kappa shape index (κ3) is 65.0. The number of nitrogens with one attached hydrogen (secondary N) is 2. The van der Waals surface area contributed by atoms with Crippen LogP contribution in [0.2, 0.25) is 0 Å². The van der Waals surface area contributed by atoms with E-state index in [9.17, 15) is 84.0 Å². The molecule has 43 nitrogen and oxygen atoms in total. The Morgan fingerprint density at radius 1 is 0.297 bits per heavy atom. The van der Waals surface area contributed by atoms with Crippen LogP contribution in [-0.2, 0) is 154 Å². The molecule has 0 bridgehead atoms. The molecule has 6 N–H and O–H groups in total. The number of aliphatic carboxylic acids is 4. The Hall–Kier alpha value is -8.75. The second kappa shape index (κ2) is 73.4. The molecule has 0 fully saturated rings. The van der Waals surface area contributed by atoms with Gasteiger partial charge in [-0.3, -0.25) is 38.7 Å². The monoisotopic (exact) mass is 2110 g/mol. The van der Waals surface area contributed by atoms with Crippen LogP contribution in [0.1, 0.15) is 137 Å². The van der Waals surface area contributed by atoms with Crippen LogP contribution in [0.15, 0.2) is 78.9 Å². The number of carboxylic acid groups (broad SMARTS) is 4. The van der Waals surface area contributed by atoms with E-state index in [1.54, 1.807) is 12.1 Å². The van der Waals surface area contributed by atoms with Gasteiger partial charge >= 0.3 is 94.1 Å². The SMILES string of the molecule is CC(C)(C)OCCOCCOCCOc1cc(COc2cc(COC(=O)CN(CCN(CCN(CC(=O)[O-])CC(=O)[O-])CC(=O)[O-])CC(=O)[O-])cc(OCc3cc(OCCOCCOCCOC(C)(C)C)c(OC(=O)CCC(=O)NCCc4ccc(O)c(O)c4)c(OCCOCCOCCOC(C)(C)C)c3)c2)cc(OCCOCCOCCOC(C)(C)C)c1OC(=O)CCC(=O)NCCc1ccc(O)c(O)c1.[Mn+2].[Na+].[Na+]. The molecule has 0 aromatic heterocycles. The zero-order chi connectivity index (χ0) is 104. The molecule has 0 unspecified atom stereocenters. The molecule has 0 saturated carbocycles. The molecule has 0 spiro atoms. The maximum Gasteiger partial charge on any atom is 2.00 e. The second-order valence-corrected chi connectivity index (χ2v) is 36.0. The van der Waals surface area contributed by atoms with Crippen LogP contribution in [0.4, 0.5) is 0 Å². The zero-order valence-electron chi connectivity index (χ0n) is 86.0. The summed E-state index contributed by atoms with van der Waals surface area (Å²) < 4.78 is 126. The summed E-state index contributed by atoms with van der Waals surface area (Å²) in [7, 11) is 0. The molecule has 0 aliphatic heterocycles. The van der Waals surface area contributed by atoms with E-state index in [1.165, 1.54) is 71.6 Å². The number of esters is 3. The minimum Gasteiger partial charge on any atom is -0.549 e. The maximum absolute atomic E-state index is 14.1. The summed E-state index contributed by atoms with van der Waals surface area (Å²) >= 11 is 0. The van der Waals surface area contributed by atoms with Crippen molar-refractivity contribution in [3.8, 4) is 69.0 Å². The van der Waals surface area contributed by atoms with Crippen molar-refractivity contribution < 1.29 is 260 Å². The Labute approximate surface area is 902 Å². The summed E-state index contributed by atoms with van der Waals surface area (Å²) in [6.07, 6.45) is -0.966. The average Bonchev–Trinajstić information content (AvgIpc) is 0.814. The molecule has 145 heavy (non-hydrogen) atoms. The number of phenolic OH excluding ortho intramolecular Hbond substituents is 4. The maximum atomic E-state index is 14.1. The fraction of sp³-hybridized carbons (Fsp3) is 0.606. The van der Waals surface area contributed by atoms with Gasteiger partial charge in [-0.15, -0.1) is 0 Å². The minimum absolute atomic E-state index is 0. The third-order valence-corrected chi connectivity index (χ3v) is 19.1. The predicted octanol–water partition coefficient (Wildman–Crippen LogP) is -3.38. The van der Waals surface area contributed by atoms with E-state index >= 15 is 0 Å². The molecule has 0 heterocycles. The van der Waals surface area contributed by atoms with E-state index in [0.717, 1.165) is 9.80 Å². The van der Waals surface area contributed by atoms with Crippen LogP contribution in [0.25, 0.3) is 0 Å². The fourth-order valence-corrected chi connectivity index (χ4v) is 12.5. The normalized spacial score (nSPS) is 11.6. The molecule has 2 amide bonds. The number of ether oxygens (including phenoxy) is 21. The number of carbonyl (C=O) groups excluding carboxylic acids is 9. The van der Waals surface area contributed by atoms with Gasteiger partial charge in [0, 0.05) is 84.4 Å². The first kappa shape index (κ1) is 132. The number of nitrogens with zero attached hydrogens (tertiary/aromatic N) is 3. The van der Waals surface area contributed by atoms with Crippen molar-refractivity contribution in [1.29, 1.82) is 0 Å². The number of aromatic hydroxyl groups is 4. The van der Waals surface area contributed by atoms with Gasteiger partial charge in [-0.05, 0) is 184 Å². The molecule has 0 aliphatic carbocycles. The molecule has 5 aromatic carbocycles. The molecule has 46 heteroatoms. The third-order valence-electron chi connectivity index (χ3n) is 19.1. The Morgan fingerprint density at radius 2 is 0.566 bits per heavy atom. The Balaban J connectivity index is 0.0000237. The molecular formula is C99H143MnN5Na2O38. The molecule has 5 aromatic rings. The summed E-state index contributed by atoms with van der Waals surface area (Å²) in [5, 5.41) is 92.3. The van der Waals surface area contributed by atoms with Gasteiger partial charge in [-0.1, -0.05) is 12.1 Å². The van der Waals surface area contributed by atoms with E-state index in [2.05, 4.69) is 10.6 Å². The van der Waals surface area contributed by atoms with E-state index < -0.39 is 106 Å². The number of carbonyl (C=O) groups is 9. The largest absolute Gasteiger partial charge is 2.00 e. The van der Waals surface area contributed by atoms with Gasteiger partial charge in [0.1, 0.15) is 57.7 Å². The Morgan fingerprint density at radius 3 is 0.855 bits per heavy atom. The minimum atomic E-state index is -1.65. The number of benzene rings is 5. The first-order valence-corrected chi connectivity index (χ1v) is 46.9. The number of rotatable bonds is 78. The average molecular weight is 2110 g/mol. The van der Waals surface area contributed by atoms with Crippen LogP contribution < -0.4 is 128 Å². The smallest absolute Gasteiger partial charge is 0.549 e. The van der Waals surface area contributed by atoms with Gasteiger partial charge in [-0.2, -0.15) is 0 Å². The van der Waals surface area contributed by atoms with Crippen molar-refractivity contribution in [2.75, 3.05) is 231 Å². The van der Waals surface area contributed by atoms with Crippen molar-refractivity contribution in [2.45, 2.75) is 164 Å². The van der Waals surface area contributed by atoms with Crippen molar-refractivity contribution in [1.82, 2.24) is 25.3 Å². The van der Waals surface area contributed by atoms with Crippen molar-refractivity contribution in [2.24, 2.45) is 0 Å². The number of phenols is 4. The molecule has 0 saturated heterocycles. The first-order chi connectivity index (χ1) is 67.4. The van der Waals surface area contributed by atoms with Crippen LogP contribution in [0.5, 0.6) is 69.0 Å². The number of hydrogen-bond donors (Lipinski definition) is 6. The standard InChI is InChI=1S/C99H147N5O38.Mn.2Na/c1-96(2,3)137-49-41-126-33-29-122-37-45-130-81-57-73(58-82(131-46-38-123-30-34-127-42-50-138-97(4,5)6)94(81)141-91(119)19-17-85(109)100-23-21-70-13-15-77(105)79(107)55-70)67-134-75-53-72(69-136-93(121)66-104(65-90(117)118)28-26-102(62-87(111)112)25-27-103(63-88(113)114)64-89(115)116)54-76(61-75)135-68-74-59-83(132-47-39-124-31-35-128-43-51-139-98(7,8)9)95(84(60-74)133-48-40-125-32-36-129-44-52-140-99(10,11)12)142-92(120)20-18-86(110)101-24-22-71-14-16-78(106)80(108)56-71;;;/h13-16,53-61,105-108H,17-52,62-69H2,1-12H3,(H,100,109)(H,101,110)(H,111,112)(H,113,114)(H,115,116)(H,117,118);;;/q;+2;2*+1/p-4. The Kier molecular flexibility index (Phi) is 67.0. The first-order valence-electron chi connectivity index (χ1n) is 46.9.